The molecule has 0 bridgehead atoms. The van der Waals surface area contributed by atoms with Crippen LogP contribution in [0.1, 0.15) is 12.8 Å². The van der Waals surface area contributed by atoms with Crippen LogP contribution in [0.5, 0.6) is 0 Å². The predicted molar refractivity (Wildman–Crippen MR) is 79.5 cm³/mol. The molecule has 1 amide bonds. The highest BCUT2D eigenvalue weighted by molar-refractivity contribution is 6.05. The van der Waals surface area contributed by atoms with E-state index in [2.05, 4.69) is 5.32 Å². The van der Waals surface area contributed by atoms with Crippen LogP contribution in [0.2, 0.25) is 0 Å². The Balaban J connectivity index is 1.87. The van der Waals surface area contributed by atoms with Gasteiger partial charge in [-0.05, 0) is 24.3 Å². The van der Waals surface area contributed by atoms with Crippen molar-refractivity contribution < 1.29 is 9.53 Å². The lowest BCUT2D eigenvalue weighted by Gasteiger charge is -2.31. The van der Waals surface area contributed by atoms with Crippen molar-refractivity contribution in [2.45, 2.75) is 18.4 Å². The molecule has 0 aromatic heterocycles. The van der Waals surface area contributed by atoms with Crippen LogP contribution in [0.3, 0.4) is 0 Å². The van der Waals surface area contributed by atoms with Gasteiger partial charge in [-0.3, -0.25) is 4.79 Å². The summed E-state index contributed by atoms with van der Waals surface area (Å²) in [7, 11) is 0. The molecular formula is C16H18N2O2. The first kappa shape index (κ1) is 13.1. The van der Waals surface area contributed by atoms with Gasteiger partial charge in [0.1, 0.15) is 5.54 Å². The number of hydrogen-bond acceptors (Lipinski definition) is 3. The maximum Gasteiger partial charge on any atom is 0.244 e. The lowest BCUT2D eigenvalue weighted by Crippen LogP contribution is -2.54. The molecule has 2 aromatic rings. The number of carbonyl (C=O) groups is 1. The minimum Gasteiger partial charge on any atom is -0.381 e. The third kappa shape index (κ3) is 2.40. The Hall–Kier alpha value is -1.91. The Morgan fingerprint density at radius 1 is 1.10 bits per heavy atom. The number of benzene rings is 2. The molecule has 0 radical (unpaired) electrons. The van der Waals surface area contributed by atoms with E-state index in [1.807, 2.05) is 42.5 Å². The van der Waals surface area contributed by atoms with Crippen molar-refractivity contribution in [3.63, 3.8) is 0 Å². The largest absolute Gasteiger partial charge is 0.381 e. The van der Waals surface area contributed by atoms with E-state index in [4.69, 9.17) is 10.5 Å². The van der Waals surface area contributed by atoms with E-state index >= 15 is 0 Å². The zero-order valence-electron chi connectivity index (χ0n) is 11.3. The first-order valence-electron chi connectivity index (χ1n) is 6.85. The topological polar surface area (TPSA) is 64.4 Å². The second kappa shape index (κ2) is 5.23. The Bertz CT molecular complexity index is 628. The van der Waals surface area contributed by atoms with Crippen LogP contribution in [-0.2, 0) is 9.53 Å². The summed E-state index contributed by atoms with van der Waals surface area (Å²) in [6, 6.07) is 13.8. The van der Waals surface area contributed by atoms with E-state index in [9.17, 15) is 4.79 Å². The van der Waals surface area contributed by atoms with E-state index < -0.39 is 5.54 Å². The van der Waals surface area contributed by atoms with Crippen LogP contribution in [0.15, 0.2) is 42.5 Å². The van der Waals surface area contributed by atoms with E-state index in [0.717, 1.165) is 16.5 Å². The quantitative estimate of drug-likeness (QED) is 0.880. The predicted octanol–water partition coefficient (Wildman–Crippen LogP) is 2.29. The third-order valence-corrected chi connectivity index (χ3v) is 3.88. The number of amides is 1. The highest BCUT2D eigenvalue weighted by atomic mass is 16.5. The molecule has 4 nitrogen and oxygen atoms in total. The van der Waals surface area contributed by atoms with Gasteiger partial charge >= 0.3 is 0 Å². The van der Waals surface area contributed by atoms with E-state index in [-0.39, 0.29) is 5.91 Å². The Labute approximate surface area is 117 Å². The molecule has 1 heterocycles. The molecule has 1 aliphatic heterocycles. The average molecular weight is 270 g/mol. The maximum absolute atomic E-state index is 12.4. The fourth-order valence-corrected chi connectivity index (χ4v) is 2.54. The van der Waals surface area contributed by atoms with Crippen molar-refractivity contribution in [2.24, 2.45) is 5.73 Å². The number of carbonyl (C=O) groups excluding carboxylic acids is 1. The van der Waals surface area contributed by atoms with Gasteiger partial charge in [0.25, 0.3) is 0 Å². The SMILES string of the molecule is NC1(C(=O)Nc2cccc3ccccc23)CCOCC1. The van der Waals surface area contributed by atoms with Crippen LogP contribution in [-0.4, -0.2) is 24.7 Å². The number of ether oxygens (including phenoxy) is 1. The third-order valence-electron chi connectivity index (χ3n) is 3.88. The summed E-state index contributed by atoms with van der Waals surface area (Å²) in [5, 5.41) is 5.10. The van der Waals surface area contributed by atoms with Crippen LogP contribution in [0.25, 0.3) is 10.8 Å². The number of nitrogens with two attached hydrogens (primary N) is 1. The standard InChI is InChI=1S/C16H18N2O2/c17-16(8-10-20-11-9-16)15(19)18-14-7-3-5-12-4-1-2-6-13(12)14/h1-7H,8-11,17H2,(H,18,19). The molecule has 3 N–H and O–H groups in total. The molecule has 3 rings (SSSR count). The molecule has 0 atom stereocenters. The normalized spacial score (nSPS) is 17.9. The monoisotopic (exact) mass is 270 g/mol. The molecule has 1 saturated heterocycles. The Kier molecular flexibility index (Phi) is 3.42. The van der Waals surface area contributed by atoms with E-state index in [0.29, 0.717) is 26.1 Å². The molecular weight excluding hydrogens is 252 g/mol. The first-order chi connectivity index (χ1) is 9.69. The highest BCUT2D eigenvalue weighted by Gasteiger charge is 2.36. The fraction of sp³-hybridized carbons (Fsp3) is 0.312. The van der Waals surface area contributed by atoms with Crippen LogP contribution in [0, 0.1) is 0 Å². The summed E-state index contributed by atoms with van der Waals surface area (Å²) in [6.45, 7) is 1.08. The van der Waals surface area contributed by atoms with Crippen molar-refractivity contribution in [1.29, 1.82) is 0 Å². The zero-order valence-corrected chi connectivity index (χ0v) is 11.3. The smallest absolute Gasteiger partial charge is 0.244 e. The summed E-state index contributed by atoms with van der Waals surface area (Å²) in [5.74, 6) is -0.128. The molecule has 0 unspecified atom stereocenters. The molecule has 1 fully saturated rings. The van der Waals surface area contributed by atoms with Crippen molar-refractivity contribution in [3.8, 4) is 0 Å². The van der Waals surface area contributed by atoms with Crippen LogP contribution >= 0.6 is 0 Å². The maximum atomic E-state index is 12.4. The Morgan fingerprint density at radius 2 is 1.80 bits per heavy atom. The molecule has 104 valence electrons. The van der Waals surface area contributed by atoms with Gasteiger partial charge < -0.3 is 15.8 Å². The van der Waals surface area contributed by atoms with Crippen molar-refractivity contribution >= 4 is 22.4 Å². The summed E-state index contributed by atoms with van der Waals surface area (Å²) >= 11 is 0. The summed E-state index contributed by atoms with van der Waals surface area (Å²) in [4.78, 5) is 12.4. The lowest BCUT2D eigenvalue weighted by atomic mass is 9.90. The first-order valence-corrected chi connectivity index (χ1v) is 6.85. The number of fused-ring (bicyclic) bond motifs is 1. The summed E-state index contributed by atoms with van der Waals surface area (Å²) in [5.41, 5.74) is 6.19. The zero-order chi connectivity index (χ0) is 14.0. The fourth-order valence-electron chi connectivity index (χ4n) is 2.54. The molecule has 0 aliphatic carbocycles. The van der Waals surface area contributed by atoms with Gasteiger partial charge in [-0.25, -0.2) is 0 Å². The van der Waals surface area contributed by atoms with Gasteiger partial charge in [-0.2, -0.15) is 0 Å². The number of nitrogens with one attached hydrogen (secondary N) is 1. The number of anilines is 1. The molecule has 0 spiro atoms. The second-order valence-corrected chi connectivity index (χ2v) is 5.25. The molecule has 0 saturated carbocycles. The minimum absolute atomic E-state index is 0.128. The van der Waals surface area contributed by atoms with Crippen LogP contribution in [0.4, 0.5) is 5.69 Å². The van der Waals surface area contributed by atoms with Gasteiger partial charge in [0.2, 0.25) is 5.91 Å². The average Bonchev–Trinajstić information content (AvgIpc) is 2.48. The van der Waals surface area contributed by atoms with Crippen molar-refractivity contribution in [3.05, 3.63) is 42.5 Å². The lowest BCUT2D eigenvalue weighted by molar-refractivity contribution is -0.124. The van der Waals surface area contributed by atoms with Gasteiger partial charge in [-0.1, -0.05) is 36.4 Å². The van der Waals surface area contributed by atoms with Gasteiger partial charge in [0.15, 0.2) is 0 Å². The van der Waals surface area contributed by atoms with E-state index in [1.165, 1.54) is 0 Å². The van der Waals surface area contributed by atoms with E-state index in [1.54, 1.807) is 0 Å². The minimum atomic E-state index is -0.824. The summed E-state index contributed by atoms with van der Waals surface area (Å²) in [6.07, 6.45) is 1.12. The molecule has 2 aromatic carbocycles. The van der Waals surface area contributed by atoms with Crippen molar-refractivity contribution in [2.75, 3.05) is 18.5 Å². The Morgan fingerprint density at radius 3 is 2.60 bits per heavy atom. The number of hydrogen-bond donors (Lipinski definition) is 2. The van der Waals surface area contributed by atoms with Gasteiger partial charge in [0.05, 0.1) is 0 Å². The van der Waals surface area contributed by atoms with Crippen LogP contribution < -0.4 is 11.1 Å². The molecule has 4 heteroatoms. The molecule has 20 heavy (non-hydrogen) atoms. The van der Waals surface area contributed by atoms with Gasteiger partial charge in [-0.15, -0.1) is 0 Å². The second-order valence-electron chi connectivity index (χ2n) is 5.25. The summed E-state index contributed by atoms with van der Waals surface area (Å²) < 4.78 is 5.28. The number of rotatable bonds is 2. The highest BCUT2D eigenvalue weighted by Crippen LogP contribution is 2.25. The van der Waals surface area contributed by atoms with Gasteiger partial charge in [0, 0.05) is 24.3 Å². The van der Waals surface area contributed by atoms with Crippen molar-refractivity contribution in [1.82, 2.24) is 0 Å². The molecule has 1 aliphatic rings.